The molecule has 2 fully saturated rings. The van der Waals surface area contributed by atoms with Crippen LogP contribution in [0.4, 0.5) is 17.3 Å². The van der Waals surface area contributed by atoms with Crippen molar-refractivity contribution in [3.63, 3.8) is 0 Å². The number of halogens is 1. The van der Waals surface area contributed by atoms with Gasteiger partial charge in [-0.05, 0) is 68.1 Å². The predicted octanol–water partition coefficient (Wildman–Crippen LogP) is 4.80. The molecule has 1 unspecified atom stereocenters. The Bertz CT molecular complexity index is 2060. The molecular formula is C33H32ClN7O4S. The molecule has 0 amide bonds. The van der Waals surface area contributed by atoms with Gasteiger partial charge in [0.05, 0.1) is 22.4 Å². The highest BCUT2D eigenvalue weighted by Gasteiger charge is 2.26. The number of nitrogens with one attached hydrogen (secondary N) is 1. The zero-order chi connectivity index (χ0) is 31.8. The molecule has 0 spiro atoms. The molecule has 3 aromatic heterocycles. The van der Waals surface area contributed by atoms with Crippen LogP contribution in [0.15, 0.2) is 93.8 Å². The molecule has 13 heteroatoms. The lowest BCUT2D eigenvalue weighted by Gasteiger charge is -2.34. The quantitative estimate of drug-likeness (QED) is 0.261. The molecule has 5 heterocycles. The Labute approximate surface area is 271 Å². The number of aromatic nitrogens is 4. The van der Waals surface area contributed by atoms with Gasteiger partial charge < -0.3 is 19.9 Å². The fourth-order valence-corrected chi connectivity index (χ4v) is 7.54. The number of ether oxygens (including phenoxy) is 1. The normalized spacial score (nSPS) is 17.4. The van der Waals surface area contributed by atoms with Crippen LogP contribution in [-0.4, -0.2) is 79.3 Å². The van der Waals surface area contributed by atoms with E-state index in [0.29, 0.717) is 47.7 Å². The second-order valence-electron chi connectivity index (χ2n) is 11.5. The summed E-state index contributed by atoms with van der Waals surface area (Å²) >= 11 is 6.68. The number of likely N-dealkylation sites (N-methyl/N-ethyl adjacent to an activating group) is 1. The van der Waals surface area contributed by atoms with Crippen LogP contribution in [0.25, 0.3) is 22.2 Å². The van der Waals surface area contributed by atoms with Crippen molar-refractivity contribution in [2.75, 3.05) is 56.7 Å². The third-order valence-electron chi connectivity index (χ3n) is 8.54. The van der Waals surface area contributed by atoms with Crippen molar-refractivity contribution in [3.05, 3.63) is 94.6 Å². The van der Waals surface area contributed by atoms with E-state index in [9.17, 15) is 13.2 Å². The first-order valence-electron chi connectivity index (χ1n) is 15.0. The minimum Gasteiger partial charge on any atom is -0.379 e. The van der Waals surface area contributed by atoms with Crippen LogP contribution in [0, 0.1) is 0 Å². The Kier molecular flexibility index (Phi) is 8.20. The topological polar surface area (TPSA) is 123 Å². The molecule has 2 aliphatic rings. The molecule has 1 atom stereocenters. The number of sulfone groups is 1. The van der Waals surface area contributed by atoms with Crippen LogP contribution in [0.1, 0.15) is 12.5 Å². The smallest absolute Gasteiger partial charge is 0.260 e. The number of rotatable bonds is 7. The molecule has 0 radical (unpaired) electrons. The van der Waals surface area contributed by atoms with E-state index in [-0.39, 0.29) is 26.4 Å². The van der Waals surface area contributed by atoms with Crippen molar-refractivity contribution in [2.45, 2.75) is 22.3 Å². The lowest BCUT2D eigenvalue weighted by atomic mass is 10.1. The Morgan fingerprint density at radius 2 is 1.70 bits per heavy atom. The lowest BCUT2D eigenvalue weighted by Crippen LogP contribution is -2.44. The fraction of sp³-hybridized carbons (Fsp3) is 0.273. The van der Waals surface area contributed by atoms with Gasteiger partial charge in [0, 0.05) is 84.3 Å². The van der Waals surface area contributed by atoms with Crippen molar-refractivity contribution in [2.24, 2.45) is 0 Å². The van der Waals surface area contributed by atoms with Gasteiger partial charge in [0.15, 0.2) is 0 Å². The Hall–Kier alpha value is -4.36. The van der Waals surface area contributed by atoms with Gasteiger partial charge in [-0.15, -0.1) is 0 Å². The van der Waals surface area contributed by atoms with E-state index < -0.39 is 9.84 Å². The highest BCUT2D eigenvalue weighted by atomic mass is 35.5. The Balaban J connectivity index is 1.23. The summed E-state index contributed by atoms with van der Waals surface area (Å²) in [6, 6.07) is 16.9. The molecule has 5 aromatic rings. The zero-order valence-corrected chi connectivity index (χ0v) is 26.7. The van der Waals surface area contributed by atoms with Crippen molar-refractivity contribution in [1.29, 1.82) is 0 Å². The summed E-state index contributed by atoms with van der Waals surface area (Å²) in [7, 11) is -1.68. The minimum atomic E-state index is -3.82. The zero-order valence-electron chi connectivity index (χ0n) is 25.1. The van der Waals surface area contributed by atoms with Crippen LogP contribution in [-0.2, 0) is 14.6 Å². The fourth-order valence-electron chi connectivity index (χ4n) is 5.92. The molecule has 236 valence electrons. The van der Waals surface area contributed by atoms with E-state index in [4.69, 9.17) is 21.3 Å². The molecule has 0 saturated carbocycles. The van der Waals surface area contributed by atoms with Gasteiger partial charge in [0.1, 0.15) is 5.65 Å². The number of benzene rings is 2. The lowest BCUT2D eigenvalue weighted by molar-refractivity contribution is 0.186. The molecule has 2 saturated heterocycles. The van der Waals surface area contributed by atoms with Crippen LogP contribution in [0.2, 0.25) is 5.02 Å². The summed E-state index contributed by atoms with van der Waals surface area (Å²) < 4.78 is 33.7. The van der Waals surface area contributed by atoms with Crippen molar-refractivity contribution < 1.29 is 13.2 Å². The van der Waals surface area contributed by atoms with Gasteiger partial charge in [0.25, 0.3) is 5.56 Å². The monoisotopic (exact) mass is 657 g/mol. The Morgan fingerprint density at radius 3 is 2.39 bits per heavy atom. The summed E-state index contributed by atoms with van der Waals surface area (Å²) in [6.07, 6.45) is 5.16. The second kappa shape index (κ2) is 12.4. The average molecular weight is 658 g/mol. The second-order valence-corrected chi connectivity index (χ2v) is 13.9. The van der Waals surface area contributed by atoms with Crippen molar-refractivity contribution in [3.8, 4) is 11.1 Å². The minimum absolute atomic E-state index is 0.0216. The van der Waals surface area contributed by atoms with Crippen LogP contribution in [0.3, 0.4) is 0 Å². The predicted molar refractivity (Wildman–Crippen MR) is 178 cm³/mol. The van der Waals surface area contributed by atoms with Gasteiger partial charge in [-0.1, -0.05) is 17.7 Å². The first-order chi connectivity index (χ1) is 22.3. The number of piperazine rings is 1. The Morgan fingerprint density at radius 1 is 0.935 bits per heavy atom. The first-order valence-corrected chi connectivity index (χ1v) is 16.9. The number of pyridine rings is 2. The first kappa shape index (κ1) is 30.3. The average Bonchev–Trinajstić information content (AvgIpc) is 3.60. The summed E-state index contributed by atoms with van der Waals surface area (Å²) in [5, 5.41) is 4.06. The van der Waals surface area contributed by atoms with Gasteiger partial charge in [-0.3, -0.25) is 14.3 Å². The number of nitrogens with zero attached hydrogens (tertiary/aromatic N) is 6. The van der Waals surface area contributed by atoms with Gasteiger partial charge >= 0.3 is 0 Å². The van der Waals surface area contributed by atoms with E-state index in [1.807, 2.05) is 12.1 Å². The molecule has 46 heavy (non-hydrogen) atoms. The van der Waals surface area contributed by atoms with Crippen molar-refractivity contribution in [1.82, 2.24) is 24.4 Å². The van der Waals surface area contributed by atoms with E-state index in [1.165, 1.54) is 42.3 Å². The summed E-state index contributed by atoms with van der Waals surface area (Å²) in [4.78, 5) is 32.2. The third kappa shape index (κ3) is 5.84. The van der Waals surface area contributed by atoms with Gasteiger partial charge in [-0.25, -0.2) is 13.4 Å². The van der Waals surface area contributed by atoms with Crippen LogP contribution < -0.4 is 15.8 Å². The SMILES string of the molecule is CN1CCN(c2ccc(Nc3ncc4cc(-c5ccc(S(=O)(=O)c6ccncc6)cc5Cl)c(=O)n(C5CCOC5)c4n3)cc2)CC1. The summed E-state index contributed by atoms with van der Waals surface area (Å²) in [5.41, 5.74) is 2.92. The largest absolute Gasteiger partial charge is 0.379 e. The number of anilines is 3. The van der Waals surface area contributed by atoms with E-state index in [2.05, 4.69) is 44.3 Å². The van der Waals surface area contributed by atoms with E-state index in [1.54, 1.807) is 22.9 Å². The van der Waals surface area contributed by atoms with Crippen LogP contribution >= 0.6 is 11.6 Å². The maximum absolute atomic E-state index is 14.1. The van der Waals surface area contributed by atoms with E-state index >= 15 is 0 Å². The maximum Gasteiger partial charge on any atom is 0.260 e. The number of fused-ring (bicyclic) bond motifs is 1. The molecule has 2 aromatic carbocycles. The molecule has 1 N–H and O–H groups in total. The number of hydrogen-bond donors (Lipinski definition) is 1. The molecule has 7 rings (SSSR count). The van der Waals surface area contributed by atoms with Crippen LogP contribution in [0.5, 0.6) is 0 Å². The molecule has 11 nitrogen and oxygen atoms in total. The summed E-state index contributed by atoms with van der Waals surface area (Å²) in [6.45, 7) is 4.94. The van der Waals surface area contributed by atoms with Gasteiger partial charge in [-0.2, -0.15) is 4.98 Å². The number of hydrogen-bond acceptors (Lipinski definition) is 10. The maximum atomic E-state index is 14.1. The highest BCUT2D eigenvalue weighted by molar-refractivity contribution is 7.91. The van der Waals surface area contributed by atoms with Crippen molar-refractivity contribution >= 4 is 49.8 Å². The molecule has 0 bridgehead atoms. The standard InChI is InChI=1S/C33H32ClN7O4S/c1-39-13-15-40(16-14-39)24-4-2-23(3-5-24)37-33-36-20-22-18-29(32(42)41(31(22)38-33)25-10-17-45-21-25)28-7-6-27(19-30(28)34)46(43,44)26-8-11-35-12-9-26/h2-9,11-12,18-20,25H,10,13-17,21H2,1H3,(H,36,37,38). The van der Waals surface area contributed by atoms with Gasteiger partial charge in [0.2, 0.25) is 15.8 Å². The third-order valence-corrected chi connectivity index (χ3v) is 10.6. The molecule has 2 aliphatic heterocycles. The molecular weight excluding hydrogens is 626 g/mol. The van der Waals surface area contributed by atoms with E-state index in [0.717, 1.165) is 31.9 Å². The highest BCUT2D eigenvalue weighted by Crippen LogP contribution is 2.33. The summed E-state index contributed by atoms with van der Waals surface area (Å²) in [5.74, 6) is 0.364. The molecule has 0 aliphatic carbocycles.